The summed E-state index contributed by atoms with van der Waals surface area (Å²) >= 11 is 1.55. The Labute approximate surface area is 105 Å². The second-order valence-electron chi connectivity index (χ2n) is 4.01. The average molecular weight is 250 g/mol. The summed E-state index contributed by atoms with van der Waals surface area (Å²) in [5, 5.41) is 3.93. The minimum absolute atomic E-state index is 0.213. The second kappa shape index (κ2) is 5.38. The van der Waals surface area contributed by atoms with Crippen molar-refractivity contribution < 1.29 is 4.39 Å². The topological polar surface area (TPSA) is 24.9 Å². The maximum absolute atomic E-state index is 13.6. The Morgan fingerprint density at radius 1 is 1.41 bits per heavy atom. The minimum Gasteiger partial charge on any atom is -0.317 e. The Bertz CT molecular complexity index is 496. The van der Waals surface area contributed by atoms with Crippen LogP contribution in [0.5, 0.6) is 0 Å². The van der Waals surface area contributed by atoms with Crippen LogP contribution in [0.25, 0.3) is 10.6 Å². The summed E-state index contributed by atoms with van der Waals surface area (Å²) in [6.45, 7) is 2.11. The summed E-state index contributed by atoms with van der Waals surface area (Å²) in [4.78, 5) is 5.46. The zero-order chi connectivity index (χ0) is 12.3. The number of hydrogen-bond donors (Lipinski definition) is 1. The molecule has 90 valence electrons. The molecule has 0 aliphatic heterocycles. The fourth-order valence-corrected chi connectivity index (χ4v) is 2.63. The van der Waals surface area contributed by atoms with E-state index in [1.807, 2.05) is 19.3 Å². The van der Waals surface area contributed by atoms with Gasteiger partial charge >= 0.3 is 0 Å². The van der Waals surface area contributed by atoms with E-state index in [2.05, 4.69) is 17.2 Å². The molecule has 0 amide bonds. The van der Waals surface area contributed by atoms with Crippen molar-refractivity contribution in [2.75, 3.05) is 7.05 Å². The number of nitrogens with one attached hydrogen (secondary N) is 1. The van der Waals surface area contributed by atoms with Crippen molar-refractivity contribution in [1.82, 2.24) is 10.3 Å². The molecule has 2 rings (SSSR count). The third kappa shape index (κ3) is 2.90. The van der Waals surface area contributed by atoms with E-state index in [0.717, 1.165) is 11.4 Å². The van der Waals surface area contributed by atoms with Gasteiger partial charge in [-0.3, -0.25) is 0 Å². The maximum Gasteiger partial charge on any atom is 0.133 e. The van der Waals surface area contributed by atoms with Gasteiger partial charge in [0, 0.05) is 22.7 Å². The highest BCUT2D eigenvalue weighted by molar-refractivity contribution is 7.15. The van der Waals surface area contributed by atoms with Gasteiger partial charge in [0.05, 0.1) is 0 Å². The molecule has 0 aliphatic carbocycles. The van der Waals surface area contributed by atoms with Crippen molar-refractivity contribution in [3.8, 4) is 10.6 Å². The summed E-state index contributed by atoms with van der Waals surface area (Å²) in [6.07, 6.45) is 2.75. The number of aromatic nitrogens is 1. The number of rotatable bonds is 4. The molecule has 4 heteroatoms. The van der Waals surface area contributed by atoms with Crippen LogP contribution in [0.4, 0.5) is 4.39 Å². The first-order chi connectivity index (χ1) is 8.20. The van der Waals surface area contributed by atoms with Gasteiger partial charge in [-0.05, 0) is 32.5 Å². The van der Waals surface area contributed by atoms with E-state index >= 15 is 0 Å². The summed E-state index contributed by atoms with van der Waals surface area (Å²) in [5.41, 5.74) is 0.584. The lowest BCUT2D eigenvalue weighted by Crippen LogP contribution is -2.22. The van der Waals surface area contributed by atoms with Crippen molar-refractivity contribution in [3.05, 3.63) is 41.2 Å². The van der Waals surface area contributed by atoms with Gasteiger partial charge in [0.15, 0.2) is 0 Å². The van der Waals surface area contributed by atoms with Gasteiger partial charge in [-0.15, -0.1) is 11.3 Å². The average Bonchev–Trinajstić information content (AvgIpc) is 2.78. The Morgan fingerprint density at radius 2 is 2.18 bits per heavy atom. The van der Waals surface area contributed by atoms with Crippen LogP contribution < -0.4 is 5.32 Å². The lowest BCUT2D eigenvalue weighted by molar-refractivity contribution is 0.612. The Morgan fingerprint density at radius 3 is 2.88 bits per heavy atom. The van der Waals surface area contributed by atoms with Crippen LogP contribution in [0, 0.1) is 5.82 Å². The molecule has 0 bridgehead atoms. The molecule has 1 N–H and O–H groups in total. The Kier molecular flexibility index (Phi) is 3.86. The highest BCUT2D eigenvalue weighted by atomic mass is 32.1. The predicted molar refractivity (Wildman–Crippen MR) is 69.7 cm³/mol. The predicted octanol–water partition coefficient (Wildman–Crippen LogP) is 3.10. The maximum atomic E-state index is 13.6. The Hall–Kier alpha value is -1.26. The van der Waals surface area contributed by atoms with E-state index in [0.29, 0.717) is 11.6 Å². The fourth-order valence-electron chi connectivity index (χ4n) is 1.56. The molecule has 0 radical (unpaired) electrons. The molecule has 1 atom stereocenters. The zero-order valence-electron chi connectivity index (χ0n) is 9.90. The molecule has 2 aromatic rings. The highest BCUT2D eigenvalue weighted by Crippen LogP contribution is 2.27. The van der Waals surface area contributed by atoms with Gasteiger partial charge in [0.2, 0.25) is 0 Å². The third-order valence-corrected chi connectivity index (χ3v) is 3.71. The normalized spacial score (nSPS) is 12.6. The zero-order valence-corrected chi connectivity index (χ0v) is 10.7. The molecule has 1 aromatic heterocycles. The third-order valence-electron chi connectivity index (χ3n) is 2.66. The van der Waals surface area contributed by atoms with Crippen LogP contribution in [-0.2, 0) is 6.42 Å². The van der Waals surface area contributed by atoms with Gasteiger partial charge in [-0.1, -0.05) is 12.1 Å². The molecule has 2 nitrogen and oxygen atoms in total. The number of nitrogens with zero attached hydrogens (tertiary/aromatic N) is 1. The van der Waals surface area contributed by atoms with Crippen molar-refractivity contribution in [2.45, 2.75) is 19.4 Å². The van der Waals surface area contributed by atoms with Crippen LogP contribution in [0.15, 0.2) is 30.5 Å². The lowest BCUT2D eigenvalue weighted by atomic mass is 10.2. The SMILES string of the molecule is CNC(C)Cc1cnc(-c2ccccc2F)s1. The molecular formula is C13H15FN2S. The van der Waals surface area contributed by atoms with Crippen molar-refractivity contribution >= 4 is 11.3 Å². The van der Waals surface area contributed by atoms with Crippen molar-refractivity contribution in [3.63, 3.8) is 0 Å². The molecule has 0 saturated carbocycles. The van der Waals surface area contributed by atoms with E-state index in [-0.39, 0.29) is 5.82 Å². The van der Waals surface area contributed by atoms with Crippen molar-refractivity contribution in [2.24, 2.45) is 0 Å². The molecule has 1 heterocycles. The molecule has 1 unspecified atom stereocenters. The monoisotopic (exact) mass is 250 g/mol. The fraction of sp³-hybridized carbons (Fsp3) is 0.308. The van der Waals surface area contributed by atoms with Gasteiger partial charge in [0.25, 0.3) is 0 Å². The standard InChI is InChI=1S/C13H15FN2S/c1-9(15-2)7-10-8-16-13(17-10)11-5-3-4-6-12(11)14/h3-6,8-9,15H,7H2,1-2H3. The first-order valence-corrected chi connectivity index (χ1v) is 6.39. The van der Waals surface area contributed by atoms with Crippen LogP contribution in [-0.4, -0.2) is 18.1 Å². The number of thiazole rings is 1. The van der Waals surface area contributed by atoms with Gasteiger partial charge in [-0.25, -0.2) is 9.37 Å². The number of likely N-dealkylation sites (N-methyl/N-ethyl adjacent to an activating group) is 1. The Balaban J connectivity index is 2.21. The van der Waals surface area contributed by atoms with Crippen LogP contribution in [0.1, 0.15) is 11.8 Å². The summed E-state index contributed by atoms with van der Waals surface area (Å²) < 4.78 is 13.6. The van der Waals surface area contributed by atoms with E-state index in [1.54, 1.807) is 23.5 Å². The minimum atomic E-state index is -0.213. The van der Waals surface area contributed by atoms with Gasteiger partial charge < -0.3 is 5.32 Å². The molecule has 0 saturated heterocycles. The first-order valence-electron chi connectivity index (χ1n) is 5.57. The van der Waals surface area contributed by atoms with Gasteiger partial charge in [0.1, 0.15) is 10.8 Å². The van der Waals surface area contributed by atoms with Crippen LogP contribution in [0.2, 0.25) is 0 Å². The number of halogens is 1. The smallest absolute Gasteiger partial charge is 0.133 e. The molecular weight excluding hydrogens is 235 g/mol. The van der Waals surface area contributed by atoms with E-state index < -0.39 is 0 Å². The first kappa shape index (κ1) is 12.2. The summed E-state index contributed by atoms with van der Waals surface area (Å²) in [6, 6.07) is 7.15. The second-order valence-corrected chi connectivity index (χ2v) is 5.12. The number of hydrogen-bond acceptors (Lipinski definition) is 3. The summed E-state index contributed by atoms with van der Waals surface area (Å²) in [5.74, 6) is -0.213. The number of benzene rings is 1. The highest BCUT2D eigenvalue weighted by Gasteiger charge is 2.10. The van der Waals surface area contributed by atoms with Crippen molar-refractivity contribution in [1.29, 1.82) is 0 Å². The van der Waals surface area contributed by atoms with Gasteiger partial charge in [-0.2, -0.15) is 0 Å². The quantitative estimate of drug-likeness (QED) is 0.902. The van der Waals surface area contributed by atoms with E-state index in [9.17, 15) is 4.39 Å². The lowest BCUT2D eigenvalue weighted by Gasteiger charge is -2.06. The molecule has 0 spiro atoms. The molecule has 17 heavy (non-hydrogen) atoms. The molecule has 0 aliphatic rings. The van der Waals surface area contributed by atoms with Crippen LogP contribution in [0.3, 0.4) is 0 Å². The van der Waals surface area contributed by atoms with E-state index in [4.69, 9.17) is 0 Å². The largest absolute Gasteiger partial charge is 0.317 e. The van der Waals surface area contributed by atoms with E-state index in [1.165, 1.54) is 10.9 Å². The van der Waals surface area contributed by atoms with Crippen LogP contribution >= 0.6 is 11.3 Å². The molecule has 1 aromatic carbocycles. The summed E-state index contributed by atoms with van der Waals surface area (Å²) in [7, 11) is 1.93. The molecule has 0 fully saturated rings.